The number of anilines is 1. The number of carbonyl (C=O) groups is 2. The van der Waals surface area contributed by atoms with Crippen molar-refractivity contribution in [3.63, 3.8) is 0 Å². The number of aromatic carboxylic acids is 1. The lowest BCUT2D eigenvalue weighted by atomic mass is 9.85. The molecule has 2 aliphatic rings. The number of nitrogens with zero attached hydrogens (tertiary/aromatic N) is 2. The summed E-state index contributed by atoms with van der Waals surface area (Å²) >= 11 is 0. The Hall–Kier alpha value is -2.04. The Bertz CT molecular complexity index is 581. The fourth-order valence-corrected chi connectivity index (χ4v) is 3.06. The van der Waals surface area contributed by atoms with Crippen molar-refractivity contribution in [1.29, 1.82) is 0 Å². The summed E-state index contributed by atoms with van der Waals surface area (Å²) < 4.78 is 0. The van der Waals surface area contributed by atoms with Crippen molar-refractivity contribution < 1.29 is 14.7 Å². The maximum Gasteiger partial charge on any atom is 0.335 e. The van der Waals surface area contributed by atoms with E-state index in [0.29, 0.717) is 12.5 Å². The van der Waals surface area contributed by atoms with Crippen LogP contribution in [0.25, 0.3) is 0 Å². The highest BCUT2D eigenvalue weighted by molar-refractivity contribution is 5.96. The second-order valence-electron chi connectivity index (χ2n) is 6.01. The van der Waals surface area contributed by atoms with E-state index in [2.05, 4.69) is 0 Å². The first-order chi connectivity index (χ1) is 10.1. The highest BCUT2D eigenvalue weighted by Crippen LogP contribution is 2.31. The molecule has 1 aliphatic heterocycles. The molecule has 2 amide bonds. The molecule has 0 radical (unpaired) electrons. The number of benzene rings is 1. The Kier molecular flexibility index (Phi) is 3.57. The van der Waals surface area contributed by atoms with Gasteiger partial charge in [0.2, 0.25) is 0 Å². The minimum atomic E-state index is -0.958. The summed E-state index contributed by atoms with van der Waals surface area (Å²) in [5, 5.41) is 9.09. The average Bonchev–Trinajstić information content (AvgIpc) is 2.84. The van der Waals surface area contributed by atoms with Gasteiger partial charge in [-0.3, -0.25) is 4.90 Å². The van der Waals surface area contributed by atoms with Crippen molar-refractivity contribution >= 4 is 17.7 Å². The van der Waals surface area contributed by atoms with Crippen molar-refractivity contribution in [2.75, 3.05) is 25.0 Å². The molecular weight excluding hydrogens is 268 g/mol. The van der Waals surface area contributed by atoms with Crippen molar-refractivity contribution in [2.24, 2.45) is 5.92 Å². The van der Waals surface area contributed by atoms with Crippen LogP contribution in [-0.2, 0) is 6.42 Å². The van der Waals surface area contributed by atoms with Gasteiger partial charge in [-0.15, -0.1) is 0 Å². The van der Waals surface area contributed by atoms with Crippen molar-refractivity contribution in [3.8, 4) is 0 Å². The van der Waals surface area contributed by atoms with Crippen LogP contribution < -0.4 is 4.90 Å². The molecule has 3 rings (SSSR count). The molecule has 5 nitrogen and oxygen atoms in total. The molecule has 0 saturated heterocycles. The summed E-state index contributed by atoms with van der Waals surface area (Å²) in [4.78, 5) is 27.1. The Balaban J connectivity index is 1.77. The Morgan fingerprint density at radius 1 is 1.38 bits per heavy atom. The summed E-state index contributed by atoms with van der Waals surface area (Å²) in [6, 6.07) is 5.01. The van der Waals surface area contributed by atoms with E-state index in [4.69, 9.17) is 5.11 Å². The number of hydrogen-bond acceptors (Lipinski definition) is 2. The molecule has 5 heteroatoms. The van der Waals surface area contributed by atoms with Gasteiger partial charge in [0.1, 0.15) is 0 Å². The van der Waals surface area contributed by atoms with Gasteiger partial charge in [-0.1, -0.05) is 12.5 Å². The third-order valence-electron chi connectivity index (χ3n) is 4.54. The van der Waals surface area contributed by atoms with Gasteiger partial charge in [-0.2, -0.15) is 0 Å². The van der Waals surface area contributed by atoms with E-state index in [-0.39, 0.29) is 11.6 Å². The van der Waals surface area contributed by atoms with E-state index >= 15 is 0 Å². The first-order valence-corrected chi connectivity index (χ1v) is 7.45. The van der Waals surface area contributed by atoms with Crippen LogP contribution in [0.5, 0.6) is 0 Å². The predicted molar refractivity (Wildman–Crippen MR) is 79.8 cm³/mol. The molecule has 1 saturated carbocycles. The molecular formula is C16H20N2O3. The summed E-state index contributed by atoms with van der Waals surface area (Å²) in [6.07, 6.45) is 4.47. The lowest BCUT2D eigenvalue weighted by Gasteiger charge is -2.32. The summed E-state index contributed by atoms with van der Waals surface area (Å²) in [7, 11) is 1.83. The average molecular weight is 288 g/mol. The first kappa shape index (κ1) is 13.9. The molecule has 1 fully saturated rings. The fraction of sp³-hybridized carbons (Fsp3) is 0.500. The highest BCUT2D eigenvalue weighted by atomic mass is 16.4. The molecule has 1 aromatic rings. The van der Waals surface area contributed by atoms with Gasteiger partial charge in [0.05, 0.1) is 5.56 Å². The highest BCUT2D eigenvalue weighted by Gasteiger charge is 2.29. The van der Waals surface area contributed by atoms with Gasteiger partial charge >= 0.3 is 12.0 Å². The molecule has 0 bridgehead atoms. The number of carbonyl (C=O) groups excluding carboxylic acids is 1. The van der Waals surface area contributed by atoms with Gasteiger partial charge in [0.25, 0.3) is 0 Å². The maximum atomic E-state index is 12.6. The van der Waals surface area contributed by atoms with Crippen LogP contribution in [0.4, 0.5) is 10.5 Å². The minimum Gasteiger partial charge on any atom is -0.478 e. The van der Waals surface area contributed by atoms with Crippen molar-refractivity contribution in [2.45, 2.75) is 25.7 Å². The molecule has 112 valence electrons. The van der Waals surface area contributed by atoms with Gasteiger partial charge < -0.3 is 10.0 Å². The third-order valence-corrected chi connectivity index (χ3v) is 4.54. The van der Waals surface area contributed by atoms with Crippen LogP contribution in [0.2, 0.25) is 0 Å². The molecule has 1 N–H and O–H groups in total. The van der Waals surface area contributed by atoms with Crippen LogP contribution in [-0.4, -0.2) is 42.1 Å². The van der Waals surface area contributed by atoms with E-state index < -0.39 is 5.97 Å². The van der Waals surface area contributed by atoms with Crippen LogP contribution in [0, 0.1) is 5.92 Å². The standard InChI is InChI=1S/C16H20N2O3/c1-17(10-11-3-2-4-11)16(21)18-8-7-12-5-6-13(15(19)20)9-14(12)18/h5-6,9,11H,2-4,7-8,10H2,1H3,(H,19,20). The lowest BCUT2D eigenvalue weighted by molar-refractivity contribution is 0.0697. The summed E-state index contributed by atoms with van der Waals surface area (Å²) in [5.74, 6) is -0.328. The second kappa shape index (κ2) is 5.39. The normalized spacial score (nSPS) is 17.3. The fourth-order valence-electron chi connectivity index (χ4n) is 3.06. The number of urea groups is 1. The predicted octanol–water partition coefficient (Wildman–Crippen LogP) is 2.60. The monoisotopic (exact) mass is 288 g/mol. The van der Waals surface area contributed by atoms with Crippen molar-refractivity contribution in [1.82, 2.24) is 4.90 Å². The SMILES string of the molecule is CN(CC1CCC1)C(=O)N1CCc2ccc(C(=O)O)cc21. The lowest BCUT2D eigenvalue weighted by Crippen LogP contribution is -2.43. The Labute approximate surface area is 124 Å². The van der Waals surface area contributed by atoms with Gasteiger partial charge in [-0.25, -0.2) is 9.59 Å². The van der Waals surface area contributed by atoms with Gasteiger partial charge in [0.15, 0.2) is 0 Å². The Morgan fingerprint density at radius 2 is 2.14 bits per heavy atom. The zero-order valence-corrected chi connectivity index (χ0v) is 12.2. The molecule has 1 heterocycles. The number of fused-ring (bicyclic) bond motifs is 1. The molecule has 1 aliphatic carbocycles. The summed E-state index contributed by atoms with van der Waals surface area (Å²) in [6.45, 7) is 1.43. The van der Waals surface area contributed by atoms with Crippen molar-refractivity contribution in [3.05, 3.63) is 29.3 Å². The largest absolute Gasteiger partial charge is 0.478 e. The van der Waals surface area contributed by atoms with Gasteiger partial charge in [0, 0.05) is 25.8 Å². The van der Waals surface area contributed by atoms with E-state index in [1.807, 2.05) is 13.1 Å². The smallest absolute Gasteiger partial charge is 0.335 e. The Morgan fingerprint density at radius 3 is 2.76 bits per heavy atom. The quantitative estimate of drug-likeness (QED) is 0.930. The van der Waals surface area contributed by atoms with Crippen LogP contribution in [0.3, 0.4) is 0 Å². The first-order valence-electron chi connectivity index (χ1n) is 7.45. The molecule has 0 spiro atoms. The van der Waals surface area contributed by atoms with E-state index in [1.54, 1.807) is 21.9 Å². The van der Waals surface area contributed by atoms with Crippen LogP contribution >= 0.6 is 0 Å². The van der Waals surface area contributed by atoms with Crippen LogP contribution in [0.1, 0.15) is 35.2 Å². The summed E-state index contributed by atoms with van der Waals surface area (Å²) in [5.41, 5.74) is 2.03. The zero-order chi connectivity index (χ0) is 15.0. The molecule has 1 aromatic carbocycles. The van der Waals surface area contributed by atoms with Crippen LogP contribution in [0.15, 0.2) is 18.2 Å². The number of hydrogen-bond donors (Lipinski definition) is 1. The second-order valence-corrected chi connectivity index (χ2v) is 6.01. The van der Waals surface area contributed by atoms with E-state index in [1.165, 1.54) is 19.3 Å². The topological polar surface area (TPSA) is 60.9 Å². The number of carboxylic acid groups (broad SMARTS) is 1. The molecule has 21 heavy (non-hydrogen) atoms. The molecule has 0 aromatic heterocycles. The number of rotatable bonds is 3. The van der Waals surface area contributed by atoms with Gasteiger partial charge in [-0.05, 0) is 42.9 Å². The van der Waals surface area contributed by atoms with E-state index in [0.717, 1.165) is 24.2 Å². The molecule has 0 atom stereocenters. The third kappa shape index (κ3) is 2.60. The number of carboxylic acids is 1. The number of amides is 2. The minimum absolute atomic E-state index is 0.0248. The van der Waals surface area contributed by atoms with E-state index in [9.17, 15) is 9.59 Å². The maximum absolute atomic E-state index is 12.6. The molecule has 0 unspecified atom stereocenters. The zero-order valence-electron chi connectivity index (χ0n) is 12.2.